The molecule has 3 aliphatic rings. The van der Waals surface area contributed by atoms with Crippen molar-refractivity contribution >= 4 is 55.5 Å². The average Bonchev–Trinajstić information content (AvgIpc) is 3.46. The molecule has 1 unspecified atom stereocenters. The smallest absolute Gasteiger partial charge is 0.323 e. The van der Waals surface area contributed by atoms with Crippen LogP contribution in [0.1, 0.15) is 79.8 Å². The molecular formula is C46H47N5O6S. The van der Waals surface area contributed by atoms with Gasteiger partial charge < -0.3 is 15.3 Å². The molecule has 2 amide bonds. The van der Waals surface area contributed by atoms with E-state index in [1.54, 1.807) is 18.2 Å². The molecule has 0 radical (unpaired) electrons. The van der Waals surface area contributed by atoms with E-state index in [2.05, 4.69) is 28.3 Å². The fourth-order valence-electron chi connectivity index (χ4n) is 8.94. The van der Waals surface area contributed by atoms with E-state index in [0.717, 1.165) is 57.0 Å². The topological polar surface area (TPSA) is 150 Å². The van der Waals surface area contributed by atoms with Crippen LogP contribution in [-0.4, -0.2) is 59.3 Å². The Hall–Kier alpha value is -5.88. The second-order valence-corrected chi connectivity index (χ2v) is 17.6. The minimum atomic E-state index is -3.91. The number of carboxylic acids is 1. The zero-order valence-electron chi connectivity index (χ0n) is 32.5. The Balaban J connectivity index is 0.869. The van der Waals surface area contributed by atoms with Gasteiger partial charge in [0, 0.05) is 46.7 Å². The normalized spacial score (nSPS) is 19.7. The molecule has 2 aliphatic carbocycles. The van der Waals surface area contributed by atoms with Crippen molar-refractivity contribution in [2.24, 2.45) is 17.8 Å². The van der Waals surface area contributed by atoms with Crippen molar-refractivity contribution < 1.29 is 27.9 Å². The molecule has 8 rings (SSSR count). The molecule has 2 heterocycles. The van der Waals surface area contributed by atoms with Crippen molar-refractivity contribution in [1.82, 2.24) is 14.9 Å². The predicted octanol–water partition coefficient (Wildman–Crippen LogP) is 8.57. The van der Waals surface area contributed by atoms with Crippen LogP contribution >= 0.6 is 0 Å². The van der Waals surface area contributed by atoms with E-state index in [1.165, 1.54) is 79.3 Å². The van der Waals surface area contributed by atoms with E-state index >= 15 is 0 Å². The minimum absolute atomic E-state index is 0.0539. The summed E-state index contributed by atoms with van der Waals surface area (Å²) in [7, 11) is -3.91. The van der Waals surface area contributed by atoms with Gasteiger partial charge in [-0.2, -0.15) is 0 Å². The molecule has 0 spiro atoms. The molecule has 11 nitrogen and oxygen atoms in total. The first-order valence-electron chi connectivity index (χ1n) is 20.1. The number of aromatic nitrogens is 2. The van der Waals surface area contributed by atoms with E-state index in [0.29, 0.717) is 22.6 Å². The third-order valence-electron chi connectivity index (χ3n) is 12.2. The molecule has 5 aromatic rings. The predicted molar refractivity (Wildman–Crippen MR) is 224 cm³/mol. The Morgan fingerprint density at radius 1 is 0.845 bits per heavy atom. The number of rotatable bonds is 12. The van der Waals surface area contributed by atoms with Crippen molar-refractivity contribution in [1.29, 1.82) is 0 Å². The monoisotopic (exact) mass is 797 g/mol. The number of amides is 2. The van der Waals surface area contributed by atoms with Crippen LogP contribution in [0.3, 0.4) is 0 Å². The van der Waals surface area contributed by atoms with Crippen molar-refractivity contribution in [3.8, 4) is 11.4 Å². The number of aliphatic carboxylic acids is 1. The van der Waals surface area contributed by atoms with Crippen LogP contribution in [0.25, 0.3) is 27.7 Å². The van der Waals surface area contributed by atoms with E-state index in [1.807, 2.05) is 48.8 Å². The zero-order valence-corrected chi connectivity index (χ0v) is 33.3. The Kier molecular flexibility index (Phi) is 11.1. The van der Waals surface area contributed by atoms with E-state index in [4.69, 9.17) is 0 Å². The van der Waals surface area contributed by atoms with Gasteiger partial charge >= 0.3 is 5.97 Å². The highest BCUT2D eigenvalue weighted by Crippen LogP contribution is 2.43. The summed E-state index contributed by atoms with van der Waals surface area (Å²) in [6.07, 6.45) is 16.4. The molecule has 0 bridgehead atoms. The van der Waals surface area contributed by atoms with Crippen LogP contribution in [0.4, 0.5) is 11.4 Å². The molecule has 2 N–H and O–H groups in total. The molecule has 1 aliphatic heterocycles. The Morgan fingerprint density at radius 2 is 1.55 bits per heavy atom. The SMILES string of the molecule is CCC1CCC(C2CC=C(c3cnc(-c4ccc(CN(CC(=O)O)C(=O)c5ccc(NC(=O)CN6c7cccc8cccc(c78)S6(=O)=O)cc5)cc4)nc3)CC2)CC1. The summed E-state index contributed by atoms with van der Waals surface area (Å²) in [6.45, 7) is 1.43. The summed E-state index contributed by atoms with van der Waals surface area (Å²) in [5.74, 6) is 0.954. The Morgan fingerprint density at radius 3 is 2.21 bits per heavy atom. The number of allylic oxidation sites excluding steroid dienone is 2. The van der Waals surface area contributed by atoms with Crippen LogP contribution < -0.4 is 9.62 Å². The number of nitrogens with zero attached hydrogens (tertiary/aromatic N) is 4. The van der Waals surface area contributed by atoms with Crippen LogP contribution in [0.15, 0.2) is 108 Å². The lowest BCUT2D eigenvalue weighted by atomic mass is 9.71. The number of nitrogens with one attached hydrogen (secondary N) is 1. The van der Waals surface area contributed by atoms with E-state index in [9.17, 15) is 27.9 Å². The maximum absolute atomic E-state index is 13.6. The second kappa shape index (κ2) is 16.5. The maximum atomic E-state index is 13.6. The molecule has 58 heavy (non-hydrogen) atoms. The molecule has 1 saturated carbocycles. The number of anilines is 2. The highest BCUT2D eigenvalue weighted by atomic mass is 32.2. The molecule has 12 heteroatoms. The quantitative estimate of drug-likeness (QED) is 0.128. The first-order valence-corrected chi connectivity index (χ1v) is 21.6. The van der Waals surface area contributed by atoms with Gasteiger partial charge in [-0.25, -0.2) is 18.4 Å². The van der Waals surface area contributed by atoms with Gasteiger partial charge in [-0.1, -0.05) is 80.8 Å². The fourth-order valence-corrected chi connectivity index (χ4v) is 10.6. The van der Waals surface area contributed by atoms with E-state index in [-0.39, 0.29) is 17.0 Å². The largest absolute Gasteiger partial charge is 0.480 e. The average molecular weight is 798 g/mol. The van der Waals surface area contributed by atoms with Gasteiger partial charge in [-0.3, -0.25) is 18.7 Å². The summed E-state index contributed by atoms with van der Waals surface area (Å²) >= 11 is 0. The second-order valence-electron chi connectivity index (χ2n) is 15.8. The van der Waals surface area contributed by atoms with Gasteiger partial charge in [0.05, 0.1) is 10.6 Å². The molecule has 4 aromatic carbocycles. The van der Waals surface area contributed by atoms with Gasteiger partial charge in [-0.15, -0.1) is 0 Å². The lowest BCUT2D eigenvalue weighted by molar-refractivity contribution is -0.137. The molecule has 1 aromatic heterocycles. The molecule has 298 valence electrons. The summed E-state index contributed by atoms with van der Waals surface area (Å²) in [4.78, 5) is 49.2. The number of hydrogen-bond donors (Lipinski definition) is 2. The highest BCUT2D eigenvalue weighted by molar-refractivity contribution is 7.93. The summed E-state index contributed by atoms with van der Waals surface area (Å²) in [6, 6.07) is 23.8. The third-order valence-corrected chi connectivity index (χ3v) is 14.0. The van der Waals surface area contributed by atoms with Crippen LogP contribution in [0, 0.1) is 17.8 Å². The number of carboxylic acid groups (broad SMARTS) is 1. The number of carbonyl (C=O) groups is 3. The summed E-state index contributed by atoms with van der Waals surface area (Å²) in [5, 5.41) is 13.7. The van der Waals surface area contributed by atoms with Gasteiger partial charge in [0.25, 0.3) is 15.9 Å². The molecule has 0 saturated heterocycles. The number of sulfonamides is 1. The molecule has 1 atom stereocenters. The van der Waals surface area contributed by atoms with Crippen molar-refractivity contribution in [2.75, 3.05) is 22.7 Å². The number of benzene rings is 4. The Labute approximate surface area is 338 Å². The highest BCUT2D eigenvalue weighted by Gasteiger charge is 2.36. The van der Waals surface area contributed by atoms with Crippen LogP contribution in [-0.2, 0) is 26.2 Å². The minimum Gasteiger partial charge on any atom is -0.480 e. The zero-order chi connectivity index (χ0) is 40.4. The lowest BCUT2D eigenvalue weighted by Crippen LogP contribution is -2.35. The number of hydrogen-bond acceptors (Lipinski definition) is 7. The maximum Gasteiger partial charge on any atom is 0.323 e. The van der Waals surface area contributed by atoms with Gasteiger partial charge in [-0.05, 0) is 103 Å². The van der Waals surface area contributed by atoms with Crippen LogP contribution in [0.2, 0.25) is 0 Å². The van der Waals surface area contributed by atoms with Crippen molar-refractivity contribution in [2.45, 2.75) is 69.7 Å². The summed E-state index contributed by atoms with van der Waals surface area (Å²) in [5.41, 5.74) is 4.97. The molecular weight excluding hydrogens is 751 g/mol. The molecule has 1 fully saturated rings. The van der Waals surface area contributed by atoms with Crippen molar-refractivity contribution in [3.63, 3.8) is 0 Å². The van der Waals surface area contributed by atoms with Crippen LogP contribution in [0.5, 0.6) is 0 Å². The first kappa shape index (κ1) is 39.0. The third kappa shape index (κ3) is 8.11. The standard InChI is InChI=1S/C46H47N5O6S/c1-2-30-9-13-32(14-10-30)33-17-19-34(20-18-33)38-25-47-45(48-26-38)36-15-11-31(12-16-36)27-50(29-43(53)54)46(55)37-21-23-39(24-22-37)49-42(52)28-51-40-7-3-5-35-6-4-8-41(44(35)40)58(51,56)57/h3-8,11-12,15-16,19,21-26,30,32-33H,2,9-10,13-14,17-18,20,27-29H2,1H3,(H,49,52)(H,53,54). The summed E-state index contributed by atoms with van der Waals surface area (Å²) < 4.78 is 27.7. The van der Waals surface area contributed by atoms with Gasteiger partial charge in [0.1, 0.15) is 13.1 Å². The first-order chi connectivity index (χ1) is 28.1. The Bertz CT molecular complexity index is 2470. The van der Waals surface area contributed by atoms with E-state index < -0.39 is 40.9 Å². The lowest BCUT2D eigenvalue weighted by Gasteiger charge is -2.35. The number of carbonyl (C=O) groups excluding carboxylic acids is 2. The fraction of sp³-hybridized carbons (Fsp3) is 0.326. The van der Waals surface area contributed by atoms with Gasteiger partial charge in [0.2, 0.25) is 5.91 Å². The van der Waals surface area contributed by atoms with Crippen molar-refractivity contribution in [3.05, 3.63) is 120 Å². The van der Waals surface area contributed by atoms with Gasteiger partial charge in [0.15, 0.2) is 5.82 Å².